The topological polar surface area (TPSA) is 70.4 Å². The Labute approximate surface area is 184 Å². The minimum absolute atomic E-state index is 0.277. The Morgan fingerprint density at radius 2 is 2.07 bits per heavy atom. The number of nitriles is 1. The molecule has 0 aromatic carbocycles. The van der Waals surface area contributed by atoms with E-state index in [2.05, 4.69) is 38.2 Å². The number of aromatic nitrogens is 1. The molecule has 4 rings (SSSR count). The van der Waals surface area contributed by atoms with Crippen LogP contribution in [0.1, 0.15) is 50.0 Å². The molecule has 0 amide bonds. The zero-order chi connectivity index (χ0) is 21.3. The number of nitrogens with one attached hydrogen (secondary N) is 1. The smallest absolute Gasteiger partial charge is 0.239 e. The number of hydrogen-bond donors (Lipinski definition) is 1. The molecular formula is C21H27BrF2N4O2. The summed E-state index contributed by atoms with van der Waals surface area (Å²) in [6, 6.07) is 3.35. The number of nitrogens with zero attached hydrogens (tertiary/aromatic N) is 3. The van der Waals surface area contributed by atoms with Gasteiger partial charge in [0.1, 0.15) is 17.6 Å². The highest BCUT2D eigenvalue weighted by molar-refractivity contribution is 9.10. The van der Waals surface area contributed by atoms with Crippen molar-refractivity contribution in [3.05, 3.63) is 16.2 Å². The molecule has 164 valence electrons. The van der Waals surface area contributed by atoms with Crippen LogP contribution >= 0.6 is 15.9 Å². The molecule has 1 aliphatic carbocycles. The molecule has 3 heterocycles. The van der Waals surface area contributed by atoms with Gasteiger partial charge in [-0.3, -0.25) is 4.90 Å². The first-order valence-electron chi connectivity index (χ1n) is 10.6. The van der Waals surface area contributed by atoms with Crippen molar-refractivity contribution in [2.75, 3.05) is 25.6 Å². The van der Waals surface area contributed by atoms with Crippen molar-refractivity contribution < 1.29 is 18.3 Å². The summed E-state index contributed by atoms with van der Waals surface area (Å²) in [4.78, 5) is 6.91. The summed E-state index contributed by atoms with van der Waals surface area (Å²) in [5.74, 6) is 0.380. The second kappa shape index (κ2) is 9.33. The van der Waals surface area contributed by atoms with Gasteiger partial charge in [0.15, 0.2) is 6.10 Å². The molecule has 0 radical (unpaired) electrons. The summed E-state index contributed by atoms with van der Waals surface area (Å²) in [7, 11) is 2.20. The fourth-order valence-corrected chi connectivity index (χ4v) is 5.61. The lowest BCUT2D eigenvalue weighted by atomic mass is 9.89. The highest BCUT2D eigenvalue weighted by Crippen LogP contribution is 2.47. The van der Waals surface area contributed by atoms with Gasteiger partial charge in [-0.05, 0) is 55.1 Å². The molecule has 3 atom stereocenters. The van der Waals surface area contributed by atoms with E-state index >= 15 is 0 Å². The van der Waals surface area contributed by atoms with Crippen molar-refractivity contribution in [2.45, 2.75) is 75.1 Å². The van der Waals surface area contributed by atoms with Crippen molar-refractivity contribution in [3.8, 4) is 11.8 Å². The van der Waals surface area contributed by atoms with Crippen LogP contribution < -0.4 is 10.1 Å². The highest BCUT2D eigenvalue weighted by Gasteiger charge is 2.39. The van der Waals surface area contributed by atoms with Crippen LogP contribution in [-0.2, 0) is 4.74 Å². The number of rotatable bonds is 6. The van der Waals surface area contributed by atoms with Crippen molar-refractivity contribution >= 4 is 21.7 Å². The molecule has 1 aromatic heterocycles. The maximum atomic E-state index is 13.1. The van der Waals surface area contributed by atoms with Gasteiger partial charge < -0.3 is 14.8 Å². The minimum atomic E-state index is -2.51. The van der Waals surface area contributed by atoms with Crippen LogP contribution in [0.4, 0.5) is 14.6 Å². The van der Waals surface area contributed by atoms with E-state index in [-0.39, 0.29) is 6.04 Å². The van der Waals surface area contributed by atoms with Crippen LogP contribution in [-0.4, -0.2) is 60.8 Å². The maximum Gasteiger partial charge on any atom is 0.239 e. The molecule has 2 fully saturated rings. The van der Waals surface area contributed by atoms with Gasteiger partial charge in [0, 0.05) is 42.6 Å². The van der Waals surface area contributed by atoms with E-state index in [4.69, 9.17) is 9.47 Å². The summed E-state index contributed by atoms with van der Waals surface area (Å²) in [6.07, 6.45) is 3.06. The molecule has 1 saturated heterocycles. The summed E-state index contributed by atoms with van der Waals surface area (Å²) in [5.41, 5.74) is 0.619. The number of halogens is 3. The van der Waals surface area contributed by atoms with Gasteiger partial charge in [0.25, 0.3) is 0 Å². The van der Waals surface area contributed by atoms with Crippen molar-refractivity contribution in [2.24, 2.45) is 0 Å². The van der Waals surface area contributed by atoms with Crippen LogP contribution in [0.25, 0.3) is 0 Å². The van der Waals surface area contributed by atoms with Gasteiger partial charge in [-0.25, -0.2) is 13.8 Å². The Balaban J connectivity index is 1.41. The van der Waals surface area contributed by atoms with Gasteiger partial charge in [0.2, 0.25) is 6.43 Å². The number of likely N-dealkylation sites (N-methyl/N-ethyl adjacent to an activating group) is 1. The summed E-state index contributed by atoms with van der Waals surface area (Å²) < 4.78 is 37.9. The highest BCUT2D eigenvalue weighted by atomic mass is 79.9. The Kier molecular flexibility index (Phi) is 6.75. The van der Waals surface area contributed by atoms with E-state index in [1.807, 2.05) is 6.07 Å². The number of alkyl halides is 2. The van der Waals surface area contributed by atoms with Crippen molar-refractivity contribution in [3.63, 3.8) is 0 Å². The first-order valence-corrected chi connectivity index (χ1v) is 11.4. The number of pyridine rings is 1. The normalized spacial score (nSPS) is 30.9. The second-order valence-electron chi connectivity index (χ2n) is 8.43. The molecule has 9 heteroatoms. The van der Waals surface area contributed by atoms with Crippen LogP contribution in [0.2, 0.25) is 0 Å². The van der Waals surface area contributed by atoms with Gasteiger partial charge in [-0.2, -0.15) is 5.26 Å². The lowest BCUT2D eigenvalue weighted by molar-refractivity contribution is 0.111. The van der Waals surface area contributed by atoms with Crippen LogP contribution in [0.15, 0.2) is 10.7 Å². The lowest BCUT2D eigenvalue weighted by Crippen LogP contribution is -2.44. The first kappa shape index (κ1) is 21.7. The predicted octanol–water partition coefficient (Wildman–Crippen LogP) is 4.31. The summed E-state index contributed by atoms with van der Waals surface area (Å²) in [5, 5.41) is 12.8. The van der Waals surface area contributed by atoms with Crippen molar-refractivity contribution in [1.82, 2.24) is 9.88 Å². The van der Waals surface area contributed by atoms with E-state index in [0.29, 0.717) is 33.7 Å². The van der Waals surface area contributed by atoms with Crippen LogP contribution in [0, 0.1) is 11.3 Å². The molecule has 3 aliphatic rings. The number of fused-ring (bicyclic) bond motifs is 1. The van der Waals surface area contributed by atoms with Gasteiger partial charge in [0.05, 0.1) is 17.3 Å². The third kappa shape index (κ3) is 4.41. The molecule has 1 aromatic rings. The van der Waals surface area contributed by atoms with Gasteiger partial charge in [-0.1, -0.05) is 0 Å². The van der Waals surface area contributed by atoms with Gasteiger partial charge in [-0.15, -0.1) is 0 Å². The quantitative estimate of drug-likeness (QED) is 0.648. The Morgan fingerprint density at radius 1 is 1.30 bits per heavy atom. The average Bonchev–Trinajstić information content (AvgIpc) is 3.38. The average molecular weight is 485 g/mol. The molecule has 6 nitrogen and oxygen atoms in total. The fourth-order valence-electron chi connectivity index (χ4n) is 4.91. The van der Waals surface area contributed by atoms with Crippen LogP contribution in [0.3, 0.4) is 0 Å². The van der Waals surface area contributed by atoms with E-state index in [1.165, 1.54) is 6.20 Å². The second-order valence-corrected chi connectivity index (χ2v) is 9.23. The predicted molar refractivity (Wildman–Crippen MR) is 112 cm³/mol. The number of anilines is 1. The Hall–Kier alpha value is -1.50. The maximum absolute atomic E-state index is 13.1. The van der Waals surface area contributed by atoms with E-state index in [0.717, 1.165) is 45.3 Å². The summed E-state index contributed by atoms with van der Waals surface area (Å²) in [6.45, 7) is 1.68. The fraction of sp³-hybridized carbons (Fsp3) is 0.714. The van der Waals surface area contributed by atoms with Gasteiger partial charge >= 0.3 is 0 Å². The SMILES string of the molecule is CN(C1CCC(Nc2ncc3c(c2Br)C(CC(F)F)C(C#N)O3)CC1)[C@H]1CCOC1. The lowest BCUT2D eigenvalue weighted by Gasteiger charge is -2.37. The first-order chi connectivity index (χ1) is 14.5. The zero-order valence-corrected chi connectivity index (χ0v) is 18.6. The molecule has 1 saturated carbocycles. The molecule has 2 aliphatic heterocycles. The molecule has 0 bridgehead atoms. The molecule has 30 heavy (non-hydrogen) atoms. The molecule has 1 N–H and O–H groups in total. The van der Waals surface area contributed by atoms with E-state index in [9.17, 15) is 14.0 Å². The Morgan fingerprint density at radius 3 is 2.70 bits per heavy atom. The van der Waals surface area contributed by atoms with Crippen LogP contribution in [0.5, 0.6) is 5.75 Å². The molecular weight excluding hydrogens is 458 g/mol. The van der Waals surface area contributed by atoms with E-state index in [1.54, 1.807) is 0 Å². The molecule has 2 unspecified atom stereocenters. The standard InChI is InChI=1S/C21H27BrF2N4O2/c1-28(14-6-7-29-11-14)13-4-2-12(3-5-13)27-21-20(22)19-15(8-18(23)24)16(9-25)30-17(19)10-26-21/h10,12-16,18H,2-8,11H2,1H3,(H,26,27)/t12?,13?,14-,15?,16?/m0/s1. The molecule has 0 spiro atoms. The monoisotopic (exact) mass is 484 g/mol. The third-order valence-corrected chi connectivity index (χ3v) is 7.47. The third-order valence-electron chi connectivity index (χ3n) is 6.67. The minimum Gasteiger partial charge on any atom is -0.473 e. The Bertz CT molecular complexity index is 792. The number of hydrogen-bond acceptors (Lipinski definition) is 6. The largest absolute Gasteiger partial charge is 0.473 e. The van der Waals surface area contributed by atoms with E-state index < -0.39 is 24.9 Å². The zero-order valence-electron chi connectivity index (χ0n) is 17.0. The number of ether oxygens (including phenoxy) is 2. The summed E-state index contributed by atoms with van der Waals surface area (Å²) >= 11 is 3.54. The van der Waals surface area contributed by atoms with Crippen molar-refractivity contribution in [1.29, 1.82) is 5.26 Å².